The van der Waals surface area contributed by atoms with Crippen molar-refractivity contribution < 1.29 is 4.42 Å². The van der Waals surface area contributed by atoms with E-state index in [0.717, 1.165) is 21.9 Å². The van der Waals surface area contributed by atoms with Crippen molar-refractivity contribution in [3.63, 3.8) is 0 Å². The van der Waals surface area contributed by atoms with Gasteiger partial charge in [0.05, 0.1) is 0 Å². The first kappa shape index (κ1) is 25.6. The van der Waals surface area contributed by atoms with E-state index in [1.807, 2.05) is 0 Å². The topological polar surface area (TPSA) is 13.1 Å². The summed E-state index contributed by atoms with van der Waals surface area (Å²) in [5.41, 5.74) is 6.78. The van der Waals surface area contributed by atoms with Gasteiger partial charge in [-0.1, -0.05) is 127 Å². The van der Waals surface area contributed by atoms with Crippen molar-refractivity contribution in [3.05, 3.63) is 158 Å². The van der Waals surface area contributed by atoms with E-state index in [1.165, 1.54) is 97.7 Å². The Morgan fingerprint density at radius 3 is 1.35 bits per heavy atom. The average Bonchev–Trinajstić information content (AvgIpc) is 3.51. The molecular formula is C48H26O. The molecule has 0 aliphatic heterocycles. The minimum absolute atomic E-state index is 0.916. The molecule has 12 aromatic rings. The molecule has 0 radical (unpaired) electrons. The van der Waals surface area contributed by atoms with Gasteiger partial charge in [0.15, 0.2) is 0 Å². The van der Waals surface area contributed by atoms with Crippen molar-refractivity contribution in [2.75, 3.05) is 0 Å². The van der Waals surface area contributed by atoms with Gasteiger partial charge in [0, 0.05) is 10.8 Å². The van der Waals surface area contributed by atoms with Crippen LogP contribution in [-0.4, -0.2) is 0 Å². The summed E-state index contributed by atoms with van der Waals surface area (Å²) in [4.78, 5) is 0. The summed E-state index contributed by atoms with van der Waals surface area (Å²) in [6.45, 7) is 0. The molecule has 1 heterocycles. The minimum atomic E-state index is 0.916. The van der Waals surface area contributed by atoms with Gasteiger partial charge >= 0.3 is 0 Å². The Morgan fingerprint density at radius 1 is 0.265 bits per heavy atom. The quantitative estimate of drug-likeness (QED) is 0.176. The second-order valence-electron chi connectivity index (χ2n) is 13.7. The summed E-state index contributed by atoms with van der Waals surface area (Å²) in [7, 11) is 0. The van der Waals surface area contributed by atoms with Crippen molar-refractivity contribution in [1.29, 1.82) is 0 Å². The molecule has 224 valence electrons. The Bertz CT molecular complexity index is 3290. The predicted molar refractivity (Wildman–Crippen MR) is 210 cm³/mol. The number of furan rings is 1. The highest BCUT2D eigenvalue weighted by atomic mass is 16.3. The van der Waals surface area contributed by atoms with Crippen LogP contribution in [0.1, 0.15) is 0 Å². The summed E-state index contributed by atoms with van der Waals surface area (Å²) >= 11 is 0. The van der Waals surface area contributed by atoms with Gasteiger partial charge in [-0.25, -0.2) is 0 Å². The van der Waals surface area contributed by atoms with Crippen LogP contribution in [0.2, 0.25) is 0 Å². The third-order valence-corrected chi connectivity index (χ3v) is 11.1. The van der Waals surface area contributed by atoms with Crippen LogP contribution in [0.15, 0.2) is 162 Å². The molecule has 0 aliphatic carbocycles. The van der Waals surface area contributed by atoms with Crippen molar-refractivity contribution >= 4 is 97.3 Å². The molecule has 0 amide bonds. The Morgan fingerprint density at radius 2 is 0.735 bits per heavy atom. The van der Waals surface area contributed by atoms with Crippen LogP contribution >= 0.6 is 0 Å². The standard InChI is InChI=1S/C48H26O/c1-3-27-7-9-31-13-18-37(39-20-15-29(5-1)45(27)47(31)39)34-12-11-33-26-44-42(25-36(33)23-34)41-24-35(17-22-43(41)49-44)38-19-14-32-10-8-28-4-2-6-30-16-21-40(38)48(32)46(28)30/h1-26H. The van der Waals surface area contributed by atoms with Gasteiger partial charge in [0.2, 0.25) is 0 Å². The van der Waals surface area contributed by atoms with Crippen molar-refractivity contribution in [2.45, 2.75) is 0 Å². The van der Waals surface area contributed by atoms with Crippen LogP contribution in [0, 0.1) is 0 Å². The van der Waals surface area contributed by atoms with Gasteiger partial charge in [0.25, 0.3) is 0 Å². The first-order valence-corrected chi connectivity index (χ1v) is 17.0. The monoisotopic (exact) mass is 618 g/mol. The fraction of sp³-hybridized carbons (Fsp3) is 0. The lowest BCUT2D eigenvalue weighted by Crippen LogP contribution is -1.87. The summed E-state index contributed by atoms with van der Waals surface area (Å²) in [5.74, 6) is 0. The number of hydrogen-bond acceptors (Lipinski definition) is 1. The third-order valence-electron chi connectivity index (χ3n) is 11.1. The van der Waals surface area contributed by atoms with Crippen LogP contribution in [0.25, 0.3) is 120 Å². The highest BCUT2D eigenvalue weighted by Gasteiger charge is 2.16. The van der Waals surface area contributed by atoms with Gasteiger partial charge in [-0.05, 0) is 128 Å². The molecule has 1 heteroatoms. The zero-order valence-electron chi connectivity index (χ0n) is 26.4. The molecule has 49 heavy (non-hydrogen) atoms. The van der Waals surface area contributed by atoms with E-state index >= 15 is 0 Å². The summed E-state index contributed by atoms with van der Waals surface area (Å²) < 4.78 is 6.47. The molecule has 11 aromatic carbocycles. The summed E-state index contributed by atoms with van der Waals surface area (Å²) in [5, 5.41) is 20.4. The smallest absolute Gasteiger partial charge is 0.136 e. The maximum atomic E-state index is 6.47. The van der Waals surface area contributed by atoms with Gasteiger partial charge in [-0.15, -0.1) is 0 Å². The first-order valence-electron chi connectivity index (χ1n) is 17.0. The molecule has 0 fully saturated rings. The molecule has 1 nitrogen and oxygen atoms in total. The zero-order valence-corrected chi connectivity index (χ0v) is 26.4. The molecule has 0 spiro atoms. The van der Waals surface area contributed by atoms with Crippen molar-refractivity contribution in [3.8, 4) is 22.3 Å². The summed E-state index contributed by atoms with van der Waals surface area (Å²) in [6.07, 6.45) is 0. The number of rotatable bonds is 2. The fourth-order valence-electron chi connectivity index (χ4n) is 8.83. The Labute approximate surface area is 280 Å². The van der Waals surface area contributed by atoms with Crippen LogP contribution in [0.3, 0.4) is 0 Å². The molecule has 0 N–H and O–H groups in total. The highest BCUT2D eigenvalue weighted by molar-refractivity contribution is 6.27. The van der Waals surface area contributed by atoms with Gasteiger partial charge < -0.3 is 4.42 Å². The molecule has 12 rings (SSSR count). The molecule has 1 aromatic heterocycles. The molecule has 0 saturated carbocycles. The van der Waals surface area contributed by atoms with E-state index < -0.39 is 0 Å². The normalized spacial score (nSPS) is 12.5. The second-order valence-corrected chi connectivity index (χ2v) is 13.7. The van der Waals surface area contributed by atoms with E-state index in [0.29, 0.717) is 0 Å². The molecule has 0 unspecified atom stereocenters. The molecule has 0 bridgehead atoms. The minimum Gasteiger partial charge on any atom is -0.456 e. The van der Waals surface area contributed by atoms with Crippen LogP contribution in [0.4, 0.5) is 0 Å². The second kappa shape index (κ2) is 9.13. The lowest BCUT2D eigenvalue weighted by atomic mass is 9.89. The van der Waals surface area contributed by atoms with Gasteiger partial charge in [0.1, 0.15) is 11.2 Å². The van der Waals surface area contributed by atoms with E-state index in [4.69, 9.17) is 4.42 Å². The third kappa shape index (κ3) is 3.44. The van der Waals surface area contributed by atoms with Crippen LogP contribution in [-0.2, 0) is 0 Å². The largest absolute Gasteiger partial charge is 0.456 e. The first-order chi connectivity index (χ1) is 24.2. The SMILES string of the molecule is c1cc2ccc3ccc(-c4ccc5cc6oc7ccc(-c8ccc9ccc%10cccc%11ccc8c9c%10%11)cc7c6cc5c4)c4ccc(c1)c2c34. The van der Waals surface area contributed by atoms with E-state index in [2.05, 4.69) is 158 Å². The highest BCUT2D eigenvalue weighted by Crippen LogP contribution is 2.43. The number of fused-ring (bicyclic) bond motifs is 4. The van der Waals surface area contributed by atoms with Crippen LogP contribution in [0.5, 0.6) is 0 Å². The number of benzene rings is 11. The Kier molecular flexibility index (Phi) is 4.77. The van der Waals surface area contributed by atoms with Crippen LogP contribution < -0.4 is 0 Å². The number of hydrogen-bond donors (Lipinski definition) is 0. The zero-order chi connectivity index (χ0) is 31.8. The molecule has 0 atom stereocenters. The van der Waals surface area contributed by atoms with Crippen molar-refractivity contribution in [2.24, 2.45) is 0 Å². The maximum absolute atomic E-state index is 6.47. The lowest BCUT2D eigenvalue weighted by Gasteiger charge is -2.14. The molecular weight excluding hydrogens is 593 g/mol. The Hall–Kier alpha value is -6.44. The predicted octanol–water partition coefficient (Wildman–Crippen LogP) is 13.9. The van der Waals surface area contributed by atoms with E-state index in [9.17, 15) is 0 Å². The molecule has 0 saturated heterocycles. The van der Waals surface area contributed by atoms with Crippen molar-refractivity contribution in [1.82, 2.24) is 0 Å². The fourth-order valence-corrected chi connectivity index (χ4v) is 8.83. The summed E-state index contributed by atoms with van der Waals surface area (Å²) in [6, 6.07) is 58.5. The Balaban J connectivity index is 1.05. The molecule has 0 aliphatic rings. The average molecular weight is 619 g/mol. The maximum Gasteiger partial charge on any atom is 0.136 e. The lowest BCUT2D eigenvalue weighted by molar-refractivity contribution is 0.669. The van der Waals surface area contributed by atoms with E-state index in [-0.39, 0.29) is 0 Å². The van der Waals surface area contributed by atoms with Gasteiger partial charge in [-0.2, -0.15) is 0 Å². The van der Waals surface area contributed by atoms with E-state index in [1.54, 1.807) is 0 Å². The van der Waals surface area contributed by atoms with Gasteiger partial charge in [-0.3, -0.25) is 0 Å².